The third-order valence-corrected chi connectivity index (χ3v) is 5.27. The second-order valence-electron chi connectivity index (χ2n) is 8.18. The van der Waals surface area contributed by atoms with Crippen molar-refractivity contribution in [3.05, 3.63) is 65.2 Å². The zero-order chi connectivity index (χ0) is 23.9. The molecule has 0 heterocycles. The average Bonchev–Trinajstić information content (AvgIpc) is 2.79. The molecule has 0 aliphatic heterocycles. The van der Waals surface area contributed by atoms with Crippen LogP contribution in [0.2, 0.25) is 0 Å². The van der Waals surface area contributed by atoms with Gasteiger partial charge in [-0.1, -0.05) is 29.4 Å². The van der Waals surface area contributed by atoms with E-state index in [1.165, 1.54) is 5.56 Å². The minimum atomic E-state index is 0.589. The fourth-order valence-electron chi connectivity index (χ4n) is 3.49. The first kappa shape index (κ1) is 26.3. The van der Waals surface area contributed by atoms with Gasteiger partial charge in [-0.05, 0) is 101 Å². The molecule has 0 aliphatic rings. The van der Waals surface area contributed by atoms with Gasteiger partial charge in [0.1, 0.15) is 31.0 Å². The number of hydrogen-bond donors (Lipinski definition) is 0. The van der Waals surface area contributed by atoms with Crippen molar-refractivity contribution in [1.82, 2.24) is 0 Å². The largest absolute Gasteiger partial charge is 0.494 e. The smallest absolute Gasteiger partial charge is 0.125 e. The minimum absolute atomic E-state index is 0.589. The lowest BCUT2D eigenvalue weighted by molar-refractivity contribution is 0.212. The van der Waals surface area contributed by atoms with Gasteiger partial charge in [-0.15, -0.1) is 0 Å². The molecule has 180 valence electrons. The Morgan fingerprint density at radius 1 is 0.879 bits per heavy atom. The predicted molar refractivity (Wildman–Crippen MR) is 136 cm³/mol. The maximum absolute atomic E-state index is 6.05. The molecule has 0 aliphatic carbocycles. The summed E-state index contributed by atoms with van der Waals surface area (Å²) in [4.78, 5) is 4.80. The van der Waals surface area contributed by atoms with Gasteiger partial charge in [0, 0.05) is 0 Å². The highest BCUT2D eigenvalue weighted by molar-refractivity contribution is 5.81. The first-order valence-electron chi connectivity index (χ1n) is 11.8. The number of hydrogen-bond acceptors (Lipinski definition) is 5. The van der Waals surface area contributed by atoms with Crippen molar-refractivity contribution in [3.63, 3.8) is 0 Å². The van der Waals surface area contributed by atoms with Crippen LogP contribution in [0.5, 0.6) is 17.2 Å². The Morgan fingerprint density at radius 3 is 2.18 bits per heavy atom. The van der Waals surface area contributed by atoms with Crippen molar-refractivity contribution >= 4 is 5.71 Å². The van der Waals surface area contributed by atoms with E-state index in [4.69, 9.17) is 19.0 Å². The highest BCUT2D eigenvalue weighted by atomic mass is 16.6. The van der Waals surface area contributed by atoms with Crippen LogP contribution in [0.4, 0.5) is 0 Å². The number of oxime groups is 1. The number of ether oxygens (including phenoxy) is 3. The Bertz CT molecular complexity index is 864. The van der Waals surface area contributed by atoms with Crippen LogP contribution in [-0.4, -0.2) is 32.6 Å². The molecule has 0 fully saturated rings. The van der Waals surface area contributed by atoms with Crippen molar-refractivity contribution < 1.29 is 19.0 Å². The summed E-state index contributed by atoms with van der Waals surface area (Å²) in [6.45, 7) is 10.1. The monoisotopic (exact) mass is 453 g/mol. The lowest BCUT2D eigenvalue weighted by Gasteiger charge is -2.14. The quantitative estimate of drug-likeness (QED) is 0.128. The van der Waals surface area contributed by atoms with E-state index in [1.807, 2.05) is 50.3 Å². The molecule has 0 atom stereocenters. The summed E-state index contributed by atoms with van der Waals surface area (Å²) in [5, 5.41) is 3.95. The van der Waals surface area contributed by atoms with Crippen molar-refractivity contribution in [3.8, 4) is 17.2 Å². The van der Waals surface area contributed by atoms with Gasteiger partial charge in [-0.2, -0.15) is 0 Å². The molecule has 0 N–H and O–H groups in total. The van der Waals surface area contributed by atoms with E-state index in [0.29, 0.717) is 13.2 Å². The molecule has 0 saturated carbocycles. The molecule has 5 heteroatoms. The highest BCUT2D eigenvalue weighted by Gasteiger charge is 2.07. The van der Waals surface area contributed by atoms with Crippen molar-refractivity contribution in [2.24, 2.45) is 5.16 Å². The number of unbranched alkanes of at least 4 members (excludes halogenated alkanes) is 2. The summed E-state index contributed by atoms with van der Waals surface area (Å²) in [5.74, 6) is 2.77. The molecule has 0 saturated heterocycles. The van der Waals surface area contributed by atoms with Crippen LogP contribution in [0.25, 0.3) is 0 Å². The number of nitrogens with zero attached hydrogens (tertiary/aromatic N) is 1. The molecule has 5 nitrogen and oxygen atoms in total. The maximum Gasteiger partial charge on any atom is 0.125 e. The van der Waals surface area contributed by atoms with Crippen LogP contribution >= 0.6 is 0 Å². The van der Waals surface area contributed by atoms with E-state index in [9.17, 15) is 0 Å². The van der Waals surface area contributed by atoms with E-state index >= 15 is 0 Å². The third kappa shape index (κ3) is 10.0. The zero-order valence-corrected chi connectivity index (χ0v) is 20.9. The molecule has 2 rings (SSSR count). The van der Waals surface area contributed by atoms with Crippen LogP contribution < -0.4 is 14.2 Å². The molecule has 2 aromatic carbocycles. The molecule has 0 aromatic heterocycles. The van der Waals surface area contributed by atoms with Gasteiger partial charge in [0.15, 0.2) is 0 Å². The lowest BCUT2D eigenvalue weighted by Crippen LogP contribution is -2.03. The molecule has 0 unspecified atom stereocenters. The SMILES string of the molecule is C/C=C/COc1cc(C)c(OCCCCCOc2ccc(CC/C(C)=N/OC)cc2)c(C)c1. The van der Waals surface area contributed by atoms with Crippen molar-refractivity contribution in [2.45, 2.75) is 59.8 Å². The summed E-state index contributed by atoms with van der Waals surface area (Å²) >= 11 is 0. The van der Waals surface area contributed by atoms with Gasteiger partial charge >= 0.3 is 0 Å². The minimum Gasteiger partial charge on any atom is -0.494 e. The first-order valence-corrected chi connectivity index (χ1v) is 11.8. The zero-order valence-electron chi connectivity index (χ0n) is 20.9. The van der Waals surface area contributed by atoms with E-state index in [2.05, 4.69) is 31.1 Å². The summed E-state index contributed by atoms with van der Waals surface area (Å²) in [6, 6.07) is 12.4. The standard InChI is InChI=1S/C28H39NO4/c1-6-7-17-32-27-20-22(2)28(23(3)21-27)33-19-10-8-9-18-31-26-15-13-25(14-16-26)12-11-24(4)29-30-5/h6-7,13-16,20-21H,8-12,17-19H2,1-5H3/b7-6+,29-24+. The molecular weight excluding hydrogens is 414 g/mol. The average molecular weight is 454 g/mol. The molecule has 2 aromatic rings. The van der Waals surface area contributed by atoms with E-state index in [-0.39, 0.29) is 0 Å². The molecular formula is C28H39NO4. The maximum atomic E-state index is 6.05. The van der Waals surface area contributed by atoms with Crippen molar-refractivity contribution in [1.29, 1.82) is 0 Å². The summed E-state index contributed by atoms with van der Waals surface area (Å²) < 4.78 is 17.7. The van der Waals surface area contributed by atoms with Gasteiger partial charge in [-0.25, -0.2) is 0 Å². The van der Waals surface area contributed by atoms with Crippen LogP contribution in [0, 0.1) is 13.8 Å². The lowest BCUT2D eigenvalue weighted by atomic mass is 10.1. The van der Waals surface area contributed by atoms with E-state index < -0.39 is 0 Å². The molecule has 0 radical (unpaired) electrons. The van der Waals surface area contributed by atoms with Crippen molar-refractivity contribution in [2.75, 3.05) is 26.9 Å². The molecule has 0 bridgehead atoms. The normalized spacial score (nSPS) is 11.6. The summed E-state index contributed by atoms with van der Waals surface area (Å²) in [7, 11) is 1.58. The Hall–Kier alpha value is -2.95. The van der Waals surface area contributed by atoms with Gasteiger partial charge in [-0.3, -0.25) is 0 Å². The number of rotatable bonds is 15. The molecule has 0 spiro atoms. The first-order chi connectivity index (χ1) is 16.0. The molecule has 0 amide bonds. The van der Waals surface area contributed by atoms with Crippen LogP contribution in [0.1, 0.15) is 56.2 Å². The Balaban J connectivity index is 1.63. The summed E-state index contributed by atoms with van der Waals surface area (Å²) in [6.07, 6.45) is 8.90. The van der Waals surface area contributed by atoms with E-state index in [1.54, 1.807) is 7.11 Å². The Labute approximate surface area is 199 Å². The van der Waals surface area contributed by atoms with Crippen LogP contribution in [-0.2, 0) is 11.3 Å². The fraction of sp³-hybridized carbons (Fsp3) is 0.464. The van der Waals surface area contributed by atoms with Crippen LogP contribution in [0.3, 0.4) is 0 Å². The predicted octanol–water partition coefficient (Wildman–Crippen LogP) is 6.84. The second-order valence-corrected chi connectivity index (χ2v) is 8.18. The fourth-order valence-corrected chi connectivity index (χ4v) is 3.49. The Morgan fingerprint density at radius 2 is 1.55 bits per heavy atom. The number of benzene rings is 2. The summed E-state index contributed by atoms with van der Waals surface area (Å²) in [5.41, 5.74) is 4.49. The topological polar surface area (TPSA) is 49.3 Å². The third-order valence-electron chi connectivity index (χ3n) is 5.27. The highest BCUT2D eigenvalue weighted by Crippen LogP contribution is 2.28. The Kier molecular flexibility index (Phi) is 11.9. The van der Waals surface area contributed by atoms with E-state index in [0.717, 1.165) is 72.8 Å². The molecule has 33 heavy (non-hydrogen) atoms. The number of aryl methyl sites for hydroxylation is 3. The van der Waals surface area contributed by atoms with Gasteiger partial charge < -0.3 is 19.0 Å². The van der Waals surface area contributed by atoms with Gasteiger partial charge in [0.05, 0.1) is 18.9 Å². The number of allylic oxidation sites excluding steroid dienone is 1. The van der Waals surface area contributed by atoms with Gasteiger partial charge in [0.2, 0.25) is 0 Å². The van der Waals surface area contributed by atoms with Crippen LogP contribution in [0.15, 0.2) is 53.7 Å². The van der Waals surface area contributed by atoms with Gasteiger partial charge in [0.25, 0.3) is 0 Å². The second kappa shape index (κ2) is 15.0.